The summed E-state index contributed by atoms with van der Waals surface area (Å²) in [5.41, 5.74) is 4.08. The van der Waals surface area contributed by atoms with E-state index in [1.165, 1.54) is 5.56 Å². The van der Waals surface area contributed by atoms with Crippen LogP contribution in [-0.2, 0) is 12.3 Å². The van der Waals surface area contributed by atoms with Crippen molar-refractivity contribution in [2.75, 3.05) is 6.54 Å². The molecule has 0 saturated heterocycles. The molecule has 0 bridgehead atoms. The predicted molar refractivity (Wildman–Crippen MR) is 119 cm³/mol. The largest absolute Gasteiger partial charge is 0.352 e. The highest BCUT2D eigenvalue weighted by Crippen LogP contribution is 2.26. The van der Waals surface area contributed by atoms with Gasteiger partial charge in [0.1, 0.15) is 0 Å². The average Bonchev–Trinajstić information content (AvgIpc) is 3.14. The fourth-order valence-corrected chi connectivity index (χ4v) is 3.89. The lowest BCUT2D eigenvalue weighted by Crippen LogP contribution is -2.27. The molecule has 1 aromatic heterocycles. The molecule has 0 aliphatic carbocycles. The summed E-state index contributed by atoms with van der Waals surface area (Å²) in [5.74, 6) is 2.03. The van der Waals surface area contributed by atoms with Crippen LogP contribution in [0.2, 0.25) is 0 Å². The molecule has 6 heteroatoms. The molecule has 0 fully saturated rings. The second-order valence-corrected chi connectivity index (χ2v) is 8.45. The van der Waals surface area contributed by atoms with Crippen molar-refractivity contribution in [3.63, 3.8) is 0 Å². The summed E-state index contributed by atoms with van der Waals surface area (Å²) in [6, 6.07) is 16.1. The topological polar surface area (TPSA) is 59.8 Å². The summed E-state index contributed by atoms with van der Waals surface area (Å²) >= 11 is 1.64. The molecule has 1 N–H and O–H groups in total. The molecule has 2 aromatic carbocycles. The summed E-state index contributed by atoms with van der Waals surface area (Å²) < 4.78 is 2.13. The van der Waals surface area contributed by atoms with Gasteiger partial charge in [-0.25, -0.2) is 0 Å². The first-order valence-electron chi connectivity index (χ1n) is 9.98. The van der Waals surface area contributed by atoms with Gasteiger partial charge in [0.05, 0.1) is 0 Å². The van der Waals surface area contributed by atoms with E-state index in [0.717, 1.165) is 34.4 Å². The van der Waals surface area contributed by atoms with Crippen molar-refractivity contribution in [3.05, 3.63) is 65.2 Å². The molecule has 0 saturated carbocycles. The smallest absolute Gasteiger partial charge is 0.251 e. The van der Waals surface area contributed by atoms with Crippen LogP contribution < -0.4 is 5.32 Å². The summed E-state index contributed by atoms with van der Waals surface area (Å²) in [5, 5.41) is 12.7. The maximum Gasteiger partial charge on any atom is 0.251 e. The van der Waals surface area contributed by atoms with Gasteiger partial charge in [0, 0.05) is 30.0 Å². The zero-order valence-electron chi connectivity index (χ0n) is 17.5. The zero-order valence-corrected chi connectivity index (χ0v) is 18.3. The number of rotatable bonds is 8. The first-order chi connectivity index (χ1) is 14.0. The Balaban J connectivity index is 1.71. The number of aromatic nitrogens is 3. The van der Waals surface area contributed by atoms with E-state index in [9.17, 15) is 4.79 Å². The van der Waals surface area contributed by atoms with E-state index >= 15 is 0 Å². The lowest BCUT2D eigenvalue weighted by atomic mass is 10.1. The number of carbonyl (C=O) groups excluding carboxylic acids is 1. The van der Waals surface area contributed by atoms with E-state index in [4.69, 9.17) is 0 Å². The van der Waals surface area contributed by atoms with E-state index in [0.29, 0.717) is 18.0 Å². The number of thioether (sulfide) groups is 1. The standard InChI is InChI=1S/C23H28N4OS/c1-5-27-21(19-11-9-17(4)10-12-19)25-26-23(27)29-15-18-7-6-8-20(13-18)22(28)24-14-16(2)3/h6-13,16H,5,14-15H2,1-4H3,(H,24,28). The van der Waals surface area contributed by atoms with E-state index < -0.39 is 0 Å². The van der Waals surface area contributed by atoms with Crippen molar-refractivity contribution in [1.29, 1.82) is 0 Å². The van der Waals surface area contributed by atoms with Crippen LogP contribution in [-0.4, -0.2) is 27.2 Å². The molecule has 3 aromatic rings. The minimum Gasteiger partial charge on any atom is -0.352 e. The lowest BCUT2D eigenvalue weighted by molar-refractivity contribution is 0.0949. The van der Waals surface area contributed by atoms with Gasteiger partial charge in [0.25, 0.3) is 5.91 Å². The molecule has 0 radical (unpaired) electrons. The third kappa shape index (κ3) is 5.48. The maximum atomic E-state index is 12.3. The van der Waals surface area contributed by atoms with Gasteiger partial charge >= 0.3 is 0 Å². The van der Waals surface area contributed by atoms with Crippen molar-refractivity contribution >= 4 is 17.7 Å². The molecule has 3 rings (SSSR count). The minimum atomic E-state index is -0.0241. The second-order valence-electron chi connectivity index (χ2n) is 7.51. The number of benzene rings is 2. The van der Waals surface area contributed by atoms with Gasteiger partial charge in [-0.1, -0.05) is 67.6 Å². The number of amides is 1. The summed E-state index contributed by atoms with van der Waals surface area (Å²) in [7, 11) is 0. The van der Waals surface area contributed by atoms with E-state index in [-0.39, 0.29) is 5.91 Å². The molecule has 1 amide bonds. The molecule has 0 atom stereocenters. The Kier molecular flexibility index (Phi) is 7.09. The van der Waals surface area contributed by atoms with E-state index in [1.54, 1.807) is 11.8 Å². The highest BCUT2D eigenvalue weighted by Gasteiger charge is 2.14. The summed E-state index contributed by atoms with van der Waals surface area (Å²) in [6.45, 7) is 9.83. The molecule has 0 aliphatic rings. The van der Waals surface area contributed by atoms with Crippen LogP contribution in [0.15, 0.2) is 53.7 Å². The number of nitrogens with one attached hydrogen (secondary N) is 1. The highest BCUT2D eigenvalue weighted by molar-refractivity contribution is 7.98. The van der Waals surface area contributed by atoms with Crippen molar-refractivity contribution in [3.8, 4) is 11.4 Å². The predicted octanol–water partition coefficient (Wildman–Crippen LogP) is 4.95. The van der Waals surface area contributed by atoms with Crippen LogP contribution in [0.4, 0.5) is 0 Å². The van der Waals surface area contributed by atoms with Crippen molar-refractivity contribution in [2.24, 2.45) is 5.92 Å². The Hall–Kier alpha value is -2.60. The molecule has 0 unspecified atom stereocenters. The number of hydrogen-bond acceptors (Lipinski definition) is 4. The Morgan fingerprint density at radius 2 is 1.90 bits per heavy atom. The monoisotopic (exact) mass is 408 g/mol. The minimum absolute atomic E-state index is 0.0241. The summed E-state index contributed by atoms with van der Waals surface area (Å²) in [6.07, 6.45) is 0. The van der Waals surface area contributed by atoms with Crippen LogP contribution in [0.3, 0.4) is 0 Å². The normalized spacial score (nSPS) is 11.1. The maximum absolute atomic E-state index is 12.3. The first-order valence-corrected chi connectivity index (χ1v) is 11.0. The molecule has 1 heterocycles. The van der Waals surface area contributed by atoms with Crippen LogP contribution in [0.1, 0.15) is 42.3 Å². The van der Waals surface area contributed by atoms with E-state index in [2.05, 4.69) is 72.0 Å². The molecule has 0 aliphatic heterocycles. The fourth-order valence-electron chi connectivity index (χ4n) is 2.95. The van der Waals surface area contributed by atoms with Crippen LogP contribution in [0, 0.1) is 12.8 Å². The van der Waals surface area contributed by atoms with Gasteiger partial charge in [-0.15, -0.1) is 10.2 Å². The van der Waals surface area contributed by atoms with Gasteiger partial charge in [0.15, 0.2) is 11.0 Å². The zero-order chi connectivity index (χ0) is 20.8. The molecule has 29 heavy (non-hydrogen) atoms. The van der Waals surface area contributed by atoms with Gasteiger partial charge in [0.2, 0.25) is 0 Å². The molecular weight excluding hydrogens is 380 g/mol. The van der Waals surface area contributed by atoms with Gasteiger partial charge in [-0.05, 0) is 37.5 Å². The van der Waals surface area contributed by atoms with E-state index in [1.807, 2.05) is 24.3 Å². The van der Waals surface area contributed by atoms with Crippen LogP contribution in [0.25, 0.3) is 11.4 Å². The Labute approximate surface area is 176 Å². The Bertz CT molecular complexity index is 963. The van der Waals surface area contributed by atoms with Crippen molar-refractivity contribution in [1.82, 2.24) is 20.1 Å². The first kappa shape index (κ1) is 21.1. The SMILES string of the molecule is CCn1c(SCc2cccc(C(=O)NCC(C)C)c2)nnc1-c1ccc(C)cc1. The van der Waals surface area contributed by atoms with Crippen molar-refractivity contribution < 1.29 is 4.79 Å². The van der Waals surface area contributed by atoms with Gasteiger partial charge in [-0.2, -0.15) is 0 Å². The van der Waals surface area contributed by atoms with Crippen molar-refractivity contribution in [2.45, 2.75) is 45.1 Å². The number of aryl methyl sites for hydroxylation is 1. The van der Waals surface area contributed by atoms with Gasteiger partial charge < -0.3 is 9.88 Å². The average molecular weight is 409 g/mol. The third-order valence-corrected chi connectivity index (χ3v) is 5.61. The molecular formula is C23H28N4OS. The molecule has 152 valence electrons. The second kappa shape index (κ2) is 9.74. The number of hydrogen-bond donors (Lipinski definition) is 1. The Morgan fingerprint density at radius 1 is 1.14 bits per heavy atom. The highest BCUT2D eigenvalue weighted by atomic mass is 32.2. The molecule has 5 nitrogen and oxygen atoms in total. The fraction of sp³-hybridized carbons (Fsp3) is 0.348. The quantitative estimate of drug-likeness (QED) is 0.536. The molecule has 0 spiro atoms. The van der Waals surface area contributed by atoms with Crippen LogP contribution >= 0.6 is 11.8 Å². The van der Waals surface area contributed by atoms with Crippen LogP contribution in [0.5, 0.6) is 0 Å². The number of nitrogens with zero attached hydrogens (tertiary/aromatic N) is 3. The summed E-state index contributed by atoms with van der Waals surface area (Å²) in [4.78, 5) is 12.3. The third-order valence-electron chi connectivity index (χ3n) is 4.57. The number of carbonyl (C=O) groups is 1. The Morgan fingerprint density at radius 3 is 2.59 bits per heavy atom. The lowest BCUT2D eigenvalue weighted by Gasteiger charge is -2.09. The van der Waals surface area contributed by atoms with Gasteiger partial charge in [-0.3, -0.25) is 4.79 Å².